The molecule has 0 aliphatic carbocycles. The van der Waals surface area contributed by atoms with E-state index in [0.29, 0.717) is 17.4 Å². The van der Waals surface area contributed by atoms with Crippen molar-refractivity contribution in [2.45, 2.75) is 32.2 Å². The van der Waals surface area contributed by atoms with Gasteiger partial charge in [-0.1, -0.05) is 13.3 Å². The zero-order chi connectivity index (χ0) is 13.3. The zero-order valence-electron chi connectivity index (χ0n) is 10.5. The summed E-state index contributed by atoms with van der Waals surface area (Å²) in [5.41, 5.74) is 5.52. The van der Waals surface area contributed by atoms with Crippen LogP contribution in [0.5, 0.6) is 0 Å². The summed E-state index contributed by atoms with van der Waals surface area (Å²) in [7, 11) is 0. The molecule has 0 amide bonds. The molecular weight excluding hydrogens is 233 g/mol. The number of halogens is 1. The second-order valence-corrected chi connectivity index (χ2v) is 4.79. The lowest BCUT2D eigenvalue weighted by atomic mass is 9.91. The van der Waals surface area contributed by atoms with Gasteiger partial charge < -0.3 is 10.2 Å². The van der Waals surface area contributed by atoms with Crippen LogP contribution in [0.1, 0.15) is 37.2 Å². The van der Waals surface area contributed by atoms with E-state index in [1.54, 1.807) is 13.0 Å². The first-order valence-electron chi connectivity index (χ1n) is 5.97. The molecule has 2 aromatic rings. The van der Waals surface area contributed by atoms with Crippen LogP contribution in [0.4, 0.5) is 4.39 Å². The predicted octanol–water partition coefficient (Wildman–Crippen LogP) is 3.27. The maximum Gasteiger partial charge on any atom is 0.217 e. The molecule has 0 radical (unpaired) electrons. The Hall–Kier alpha value is -1.68. The lowest BCUT2D eigenvalue weighted by Gasteiger charge is -2.20. The van der Waals surface area contributed by atoms with Crippen LogP contribution in [0.15, 0.2) is 28.7 Å². The summed E-state index contributed by atoms with van der Waals surface area (Å²) < 4.78 is 18.5. The minimum Gasteiger partial charge on any atom is -0.453 e. The first-order valence-corrected chi connectivity index (χ1v) is 5.97. The standard InChI is InChI=1S/C14H16FNO2/c1-3-6-14(2,16)13(17)12-8-9-7-10(15)4-5-11(9)18-12/h4-5,7-8H,3,6,16H2,1-2H3. The Balaban J connectivity index is 2.39. The van der Waals surface area contributed by atoms with E-state index in [2.05, 4.69) is 0 Å². The molecule has 0 bridgehead atoms. The summed E-state index contributed by atoms with van der Waals surface area (Å²) in [4.78, 5) is 12.2. The molecule has 18 heavy (non-hydrogen) atoms. The van der Waals surface area contributed by atoms with Gasteiger partial charge >= 0.3 is 0 Å². The molecule has 1 atom stereocenters. The van der Waals surface area contributed by atoms with Crippen molar-refractivity contribution in [2.75, 3.05) is 0 Å². The molecule has 2 N–H and O–H groups in total. The van der Waals surface area contributed by atoms with Gasteiger partial charge in [0.2, 0.25) is 5.78 Å². The van der Waals surface area contributed by atoms with E-state index >= 15 is 0 Å². The van der Waals surface area contributed by atoms with Crippen molar-refractivity contribution >= 4 is 16.8 Å². The molecule has 0 aliphatic heterocycles. The van der Waals surface area contributed by atoms with Gasteiger partial charge in [0, 0.05) is 5.39 Å². The van der Waals surface area contributed by atoms with Gasteiger partial charge in [0.15, 0.2) is 5.76 Å². The summed E-state index contributed by atoms with van der Waals surface area (Å²) >= 11 is 0. The second-order valence-electron chi connectivity index (χ2n) is 4.79. The van der Waals surface area contributed by atoms with E-state index in [1.165, 1.54) is 18.2 Å². The van der Waals surface area contributed by atoms with Crippen molar-refractivity contribution in [3.8, 4) is 0 Å². The minimum absolute atomic E-state index is 0.189. The highest BCUT2D eigenvalue weighted by atomic mass is 19.1. The summed E-state index contributed by atoms with van der Waals surface area (Å²) in [5.74, 6) is -0.415. The number of benzene rings is 1. The number of fused-ring (bicyclic) bond motifs is 1. The second kappa shape index (κ2) is 4.53. The van der Waals surface area contributed by atoms with Crippen LogP contribution in [0.25, 0.3) is 11.0 Å². The third-order valence-electron chi connectivity index (χ3n) is 2.99. The smallest absolute Gasteiger partial charge is 0.217 e. The summed E-state index contributed by atoms with van der Waals surface area (Å²) in [5, 5.41) is 0.575. The van der Waals surface area contributed by atoms with Crippen molar-refractivity contribution in [2.24, 2.45) is 5.73 Å². The van der Waals surface area contributed by atoms with Crippen molar-refractivity contribution in [1.29, 1.82) is 0 Å². The van der Waals surface area contributed by atoms with E-state index in [0.717, 1.165) is 6.42 Å². The lowest BCUT2D eigenvalue weighted by molar-refractivity contribution is 0.0866. The van der Waals surface area contributed by atoms with Crippen LogP contribution in [0.2, 0.25) is 0 Å². The van der Waals surface area contributed by atoms with Gasteiger partial charge in [0.05, 0.1) is 5.54 Å². The fourth-order valence-corrected chi connectivity index (χ4v) is 2.04. The maximum absolute atomic E-state index is 13.1. The highest BCUT2D eigenvalue weighted by Crippen LogP contribution is 2.24. The van der Waals surface area contributed by atoms with E-state index in [9.17, 15) is 9.18 Å². The molecule has 0 spiro atoms. The monoisotopic (exact) mass is 249 g/mol. The van der Waals surface area contributed by atoms with Crippen LogP contribution in [-0.2, 0) is 0 Å². The Labute approximate surface area is 105 Å². The van der Waals surface area contributed by atoms with Crippen molar-refractivity contribution in [1.82, 2.24) is 0 Å². The number of Topliss-reactive ketones (excluding diaryl/α,β-unsaturated/α-hetero) is 1. The van der Waals surface area contributed by atoms with Gasteiger partial charge in [-0.3, -0.25) is 4.79 Å². The molecular formula is C14H16FNO2. The normalized spacial score (nSPS) is 14.7. The fourth-order valence-electron chi connectivity index (χ4n) is 2.04. The summed E-state index contributed by atoms with van der Waals surface area (Å²) in [6.07, 6.45) is 1.39. The minimum atomic E-state index is -0.943. The molecule has 3 nitrogen and oxygen atoms in total. The number of ketones is 1. The largest absolute Gasteiger partial charge is 0.453 e. The van der Waals surface area contributed by atoms with Gasteiger partial charge in [-0.2, -0.15) is 0 Å². The van der Waals surface area contributed by atoms with Gasteiger partial charge in [-0.25, -0.2) is 4.39 Å². The third kappa shape index (κ3) is 2.29. The molecule has 0 aliphatic rings. The van der Waals surface area contributed by atoms with E-state index in [-0.39, 0.29) is 17.4 Å². The topological polar surface area (TPSA) is 56.2 Å². The third-order valence-corrected chi connectivity index (χ3v) is 2.99. The number of furan rings is 1. The average Bonchev–Trinajstić information content (AvgIpc) is 2.70. The number of carbonyl (C=O) groups is 1. The van der Waals surface area contributed by atoms with Crippen molar-refractivity contribution in [3.05, 3.63) is 35.8 Å². The Morgan fingerprint density at radius 2 is 2.17 bits per heavy atom. The number of carbonyl (C=O) groups excluding carboxylic acids is 1. The van der Waals surface area contributed by atoms with Crippen LogP contribution in [-0.4, -0.2) is 11.3 Å². The Morgan fingerprint density at radius 3 is 2.83 bits per heavy atom. The number of rotatable bonds is 4. The molecule has 1 heterocycles. The molecule has 0 saturated heterocycles. The quantitative estimate of drug-likeness (QED) is 0.846. The van der Waals surface area contributed by atoms with Crippen LogP contribution in [0.3, 0.4) is 0 Å². The summed E-state index contributed by atoms with van der Waals surface area (Å²) in [6, 6.07) is 5.69. The van der Waals surface area contributed by atoms with Crippen molar-refractivity contribution in [3.63, 3.8) is 0 Å². The van der Waals surface area contributed by atoms with Crippen LogP contribution >= 0.6 is 0 Å². The fraction of sp³-hybridized carbons (Fsp3) is 0.357. The molecule has 1 unspecified atom stereocenters. The van der Waals surface area contributed by atoms with E-state index in [4.69, 9.17) is 10.2 Å². The lowest BCUT2D eigenvalue weighted by Crippen LogP contribution is -2.44. The van der Waals surface area contributed by atoms with Gasteiger partial charge in [-0.15, -0.1) is 0 Å². The first kappa shape index (κ1) is 12.8. The van der Waals surface area contributed by atoms with E-state index < -0.39 is 5.54 Å². The Kier molecular flexibility index (Phi) is 3.22. The zero-order valence-corrected chi connectivity index (χ0v) is 10.5. The molecule has 0 saturated carbocycles. The number of hydrogen-bond donors (Lipinski definition) is 1. The van der Waals surface area contributed by atoms with Crippen molar-refractivity contribution < 1.29 is 13.6 Å². The van der Waals surface area contributed by atoms with Crippen LogP contribution < -0.4 is 5.73 Å². The molecule has 1 aromatic carbocycles. The maximum atomic E-state index is 13.1. The van der Waals surface area contributed by atoms with Crippen LogP contribution in [0, 0.1) is 5.82 Å². The molecule has 96 valence electrons. The SMILES string of the molecule is CCCC(C)(N)C(=O)c1cc2cc(F)ccc2o1. The molecule has 0 fully saturated rings. The van der Waals surface area contributed by atoms with Gasteiger partial charge in [0.1, 0.15) is 11.4 Å². The highest BCUT2D eigenvalue weighted by Gasteiger charge is 2.30. The number of nitrogens with two attached hydrogens (primary N) is 1. The van der Waals surface area contributed by atoms with Gasteiger partial charge in [0.25, 0.3) is 0 Å². The predicted molar refractivity (Wildman–Crippen MR) is 68.0 cm³/mol. The van der Waals surface area contributed by atoms with E-state index in [1.807, 2.05) is 6.92 Å². The number of hydrogen-bond acceptors (Lipinski definition) is 3. The molecule has 2 rings (SSSR count). The average molecular weight is 249 g/mol. The van der Waals surface area contributed by atoms with Gasteiger partial charge in [-0.05, 0) is 37.6 Å². The Bertz CT molecular complexity index is 586. The summed E-state index contributed by atoms with van der Waals surface area (Å²) in [6.45, 7) is 3.65. The molecule has 1 aromatic heterocycles. The highest BCUT2D eigenvalue weighted by molar-refractivity contribution is 6.03. The molecule has 4 heteroatoms. The first-order chi connectivity index (χ1) is 8.44. The Morgan fingerprint density at radius 1 is 1.44 bits per heavy atom.